The Morgan fingerprint density at radius 1 is 1.32 bits per heavy atom. The summed E-state index contributed by atoms with van der Waals surface area (Å²) in [6.07, 6.45) is -1.60. The first kappa shape index (κ1) is 15.8. The average molecular weight is 350 g/mol. The molecule has 0 amide bonds. The molecule has 1 aliphatic carbocycles. The molecule has 0 aromatic carbocycles. The summed E-state index contributed by atoms with van der Waals surface area (Å²) < 4.78 is 45.4. The first-order chi connectivity index (χ1) is 11.8. The number of hydrogen-bond donors (Lipinski definition) is 0. The number of nitrogens with zero attached hydrogens (tertiary/aromatic N) is 4. The summed E-state index contributed by atoms with van der Waals surface area (Å²) in [5.74, 6) is -0.323. The van der Waals surface area contributed by atoms with E-state index in [2.05, 4.69) is 15.1 Å². The number of aromatic nitrogens is 4. The average Bonchev–Trinajstić information content (AvgIpc) is 3.15. The predicted molar refractivity (Wildman–Crippen MR) is 79.7 cm³/mol. The van der Waals surface area contributed by atoms with Gasteiger partial charge in [0.25, 0.3) is 5.82 Å². The van der Waals surface area contributed by atoms with Gasteiger partial charge in [-0.3, -0.25) is 4.79 Å². The van der Waals surface area contributed by atoms with Crippen LogP contribution in [0.1, 0.15) is 30.1 Å². The highest BCUT2D eigenvalue weighted by atomic mass is 19.4. The van der Waals surface area contributed by atoms with Crippen molar-refractivity contribution in [2.45, 2.75) is 32.4 Å². The minimum atomic E-state index is -4.67. The van der Waals surface area contributed by atoms with Crippen LogP contribution in [-0.4, -0.2) is 25.4 Å². The molecule has 9 heteroatoms. The largest absolute Gasteiger partial charge is 0.460 e. The molecule has 0 saturated heterocycles. The number of carbonyl (C=O) groups is 1. The van der Waals surface area contributed by atoms with E-state index in [0.717, 1.165) is 17.4 Å². The van der Waals surface area contributed by atoms with E-state index in [1.165, 1.54) is 6.20 Å². The van der Waals surface area contributed by atoms with E-state index < -0.39 is 12.0 Å². The molecule has 0 spiro atoms. The fourth-order valence-corrected chi connectivity index (χ4v) is 2.60. The van der Waals surface area contributed by atoms with Crippen molar-refractivity contribution in [2.24, 2.45) is 5.92 Å². The summed E-state index contributed by atoms with van der Waals surface area (Å²) in [6.45, 7) is 1.71. The minimum absolute atomic E-state index is 0.0320. The molecule has 3 aromatic rings. The van der Waals surface area contributed by atoms with Crippen molar-refractivity contribution in [2.75, 3.05) is 0 Å². The number of furan rings is 1. The van der Waals surface area contributed by atoms with Gasteiger partial charge in [-0.25, -0.2) is 14.5 Å². The lowest BCUT2D eigenvalue weighted by Gasteiger charge is -2.04. The molecule has 0 N–H and O–H groups in total. The van der Waals surface area contributed by atoms with E-state index in [4.69, 9.17) is 4.42 Å². The molecule has 1 aliphatic rings. The molecule has 1 fully saturated rings. The van der Waals surface area contributed by atoms with Crippen molar-refractivity contribution in [1.82, 2.24) is 19.6 Å². The van der Waals surface area contributed by atoms with Gasteiger partial charge in [0.1, 0.15) is 11.5 Å². The van der Waals surface area contributed by atoms with E-state index in [1.807, 2.05) is 0 Å². The summed E-state index contributed by atoms with van der Waals surface area (Å²) in [4.78, 5) is 19.9. The van der Waals surface area contributed by atoms with Crippen molar-refractivity contribution in [3.8, 4) is 11.5 Å². The van der Waals surface area contributed by atoms with Crippen LogP contribution in [0, 0.1) is 12.8 Å². The lowest BCUT2D eigenvalue weighted by molar-refractivity contribution is -0.144. The van der Waals surface area contributed by atoms with Gasteiger partial charge >= 0.3 is 6.18 Å². The third kappa shape index (κ3) is 3.01. The standard InChI is InChI=1S/C16H13F3N4O2/c1-8-2-5-12(25-8)13-14-21-15(16(17,18)19)22-23(14)7-10(20-13)6-11(24)9-3-4-9/h2,5,7,9H,3-4,6H2,1H3. The molecule has 3 heterocycles. The van der Waals surface area contributed by atoms with Crippen LogP contribution in [0.2, 0.25) is 0 Å². The number of Topliss-reactive ketones (excluding diaryl/α,β-unsaturated/α-hetero) is 1. The second kappa shape index (κ2) is 5.40. The molecule has 4 rings (SSSR count). The van der Waals surface area contributed by atoms with Crippen LogP contribution < -0.4 is 0 Å². The lowest BCUT2D eigenvalue weighted by atomic mass is 10.1. The van der Waals surface area contributed by atoms with Crippen LogP contribution in [-0.2, 0) is 17.4 Å². The Kier molecular flexibility index (Phi) is 3.41. The van der Waals surface area contributed by atoms with Gasteiger partial charge < -0.3 is 4.42 Å². The van der Waals surface area contributed by atoms with E-state index >= 15 is 0 Å². The van der Waals surface area contributed by atoms with Gasteiger partial charge in [0.05, 0.1) is 18.3 Å². The number of fused-ring (bicyclic) bond motifs is 1. The zero-order chi connectivity index (χ0) is 17.8. The highest BCUT2D eigenvalue weighted by Crippen LogP contribution is 2.32. The molecule has 0 radical (unpaired) electrons. The molecule has 0 aliphatic heterocycles. The topological polar surface area (TPSA) is 73.3 Å². The first-order valence-corrected chi connectivity index (χ1v) is 7.74. The first-order valence-electron chi connectivity index (χ1n) is 7.74. The Morgan fingerprint density at radius 2 is 2.08 bits per heavy atom. The normalized spacial score (nSPS) is 15.0. The van der Waals surface area contributed by atoms with E-state index in [0.29, 0.717) is 11.5 Å². The summed E-state index contributed by atoms with van der Waals surface area (Å²) in [6, 6.07) is 3.28. The summed E-state index contributed by atoms with van der Waals surface area (Å²) >= 11 is 0. The maximum Gasteiger partial charge on any atom is 0.453 e. The molecule has 0 atom stereocenters. The molecule has 0 unspecified atom stereocenters. The second-order valence-corrected chi connectivity index (χ2v) is 6.11. The molecule has 1 saturated carbocycles. The zero-order valence-corrected chi connectivity index (χ0v) is 13.2. The molecule has 130 valence electrons. The SMILES string of the molecule is Cc1ccc(-c2nc(CC(=O)C3CC3)cn3nc(C(F)(F)F)nc23)o1. The highest BCUT2D eigenvalue weighted by molar-refractivity contribution is 5.85. The number of ketones is 1. The number of carbonyl (C=O) groups excluding carboxylic acids is 1. The van der Waals surface area contributed by atoms with Crippen molar-refractivity contribution < 1.29 is 22.4 Å². The highest BCUT2D eigenvalue weighted by Gasteiger charge is 2.37. The van der Waals surface area contributed by atoms with E-state index in [1.54, 1.807) is 19.1 Å². The van der Waals surface area contributed by atoms with Crippen molar-refractivity contribution >= 4 is 11.4 Å². The quantitative estimate of drug-likeness (QED) is 0.722. The monoisotopic (exact) mass is 350 g/mol. The summed E-state index contributed by atoms with van der Waals surface area (Å²) in [5.41, 5.74) is 0.411. The van der Waals surface area contributed by atoms with Gasteiger partial charge in [-0.1, -0.05) is 0 Å². The van der Waals surface area contributed by atoms with Crippen LogP contribution in [0.25, 0.3) is 17.1 Å². The van der Waals surface area contributed by atoms with Crippen LogP contribution in [0.3, 0.4) is 0 Å². The minimum Gasteiger partial charge on any atom is -0.460 e. The van der Waals surface area contributed by atoms with Crippen molar-refractivity contribution in [3.63, 3.8) is 0 Å². The predicted octanol–water partition coefficient (Wildman–Crippen LogP) is 3.23. The molecular formula is C16H13F3N4O2. The number of rotatable bonds is 4. The lowest BCUT2D eigenvalue weighted by Crippen LogP contribution is -2.09. The third-order valence-corrected chi connectivity index (χ3v) is 3.99. The molecule has 25 heavy (non-hydrogen) atoms. The molecular weight excluding hydrogens is 337 g/mol. The van der Waals surface area contributed by atoms with Gasteiger partial charge in [0, 0.05) is 5.92 Å². The maximum atomic E-state index is 13.0. The van der Waals surface area contributed by atoms with E-state index in [9.17, 15) is 18.0 Å². The van der Waals surface area contributed by atoms with Crippen LogP contribution in [0.5, 0.6) is 0 Å². The molecule has 6 nitrogen and oxygen atoms in total. The molecule has 0 bridgehead atoms. The second-order valence-electron chi connectivity index (χ2n) is 6.11. The number of alkyl halides is 3. The van der Waals surface area contributed by atoms with Crippen LogP contribution in [0.15, 0.2) is 22.7 Å². The van der Waals surface area contributed by atoms with Gasteiger partial charge in [0.15, 0.2) is 17.1 Å². The smallest absolute Gasteiger partial charge is 0.453 e. The van der Waals surface area contributed by atoms with Crippen molar-refractivity contribution in [1.29, 1.82) is 0 Å². The Morgan fingerprint density at radius 3 is 2.68 bits per heavy atom. The summed E-state index contributed by atoms with van der Waals surface area (Å²) in [7, 11) is 0. The Bertz CT molecular complexity index is 970. The zero-order valence-electron chi connectivity index (χ0n) is 13.2. The van der Waals surface area contributed by atoms with Gasteiger partial charge in [0.2, 0.25) is 0 Å². The van der Waals surface area contributed by atoms with Gasteiger partial charge in [-0.05, 0) is 31.9 Å². The maximum absolute atomic E-state index is 13.0. The van der Waals surface area contributed by atoms with Crippen LogP contribution in [0.4, 0.5) is 13.2 Å². The third-order valence-electron chi connectivity index (χ3n) is 3.99. The summed E-state index contributed by atoms with van der Waals surface area (Å²) in [5, 5.41) is 3.49. The number of hydrogen-bond acceptors (Lipinski definition) is 5. The fourth-order valence-electron chi connectivity index (χ4n) is 2.60. The van der Waals surface area contributed by atoms with E-state index in [-0.39, 0.29) is 35.2 Å². The number of aryl methyl sites for hydroxylation is 1. The Hall–Kier alpha value is -2.71. The number of halogens is 3. The fraction of sp³-hybridized carbons (Fsp3) is 0.375. The van der Waals surface area contributed by atoms with Gasteiger partial charge in [-0.15, -0.1) is 5.10 Å². The van der Waals surface area contributed by atoms with Gasteiger partial charge in [-0.2, -0.15) is 13.2 Å². The Labute approximate surface area is 139 Å². The van der Waals surface area contributed by atoms with Crippen molar-refractivity contribution in [3.05, 3.63) is 35.6 Å². The van der Waals surface area contributed by atoms with Crippen LogP contribution >= 0.6 is 0 Å². The Balaban J connectivity index is 1.85. The molecule has 3 aromatic heterocycles.